The largest absolute Gasteiger partial charge is 0.342 e. The molecule has 1 saturated carbocycles. The molecule has 1 saturated heterocycles. The van der Waals surface area contributed by atoms with Gasteiger partial charge in [-0.15, -0.1) is 11.3 Å². The van der Waals surface area contributed by atoms with E-state index in [1.807, 2.05) is 17.5 Å². The van der Waals surface area contributed by atoms with E-state index in [0.29, 0.717) is 23.8 Å². The topological polar surface area (TPSA) is 45.2 Å². The number of amides is 1. The molecule has 2 aliphatic rings. The maximum absolute atomic E-state index is 12.3. The van der Waals surface area contributed by atoms with Gasteiger partial charge in [-0.2, -0.15) is 0 Å². The van der Waals surface area contributed by atoms with Crippen molar-refractivity contribution in [2.45, 2.75) is 71.4 Å². The highest BCUT2D eigenvalue weighted by Gasteiger charge is 2.37. The van der Waals surface area contributed by atoms with Gasteiger partial charge in [0.05, 0.1) is 5.01 Å². The molecule has 24 heavy (non-hydrogen) atoms. The van der Waals surface area contributed by atoms with E-state index in [0.717, 1.165) is 45.3 Å². The summed E-state index contributed by atoms with van der Waals surface area (Å²) in [7, 11) is 0. The molecule has 2 atom stereocenters. The average molecular weight is 350 g/mol. The second-order valence-corrected chi connectivity index (χ2v) is 9.50. The number of likely N-dealkylation sites (tertiary alicyclic amines) is 1. The summed E-state index contributed by atoms with van der Waals surface area (Å²) in [5.74, 6) is 1.32. The van der Waals surface area contributed by atoms with Gasteiger partial charge in [0.15, 0.2) is 0 Å². The minimum atomic E-state index is 0.128. The standard InChI is InChI=1S/C19H31N3OS/c1-5-13-12-22(17(23)14-6-7-14)9-8-16(13)20-10-15-11-21-18(24-15)19(2,3)4/h11,13-14,16,20H,5-10,12H2,1-4H3/t13-,16+/m0/s1. The van der Waals surface area contributed by atoms with Crippen LogP contribution in [0.5, 0.6) is 0 Å². The van der Waals surface area contributed by atoms with Gasteiger partial charge in [0, 0.05) is 48.1 Å². The maximum Gasteiger partial charge on any atom is 0.225 e. The molecule has 2 heterocycles. The van der Waals surface area contributed by atoms with Gasteiger partial charge in [0.25, 0.3) is 0 Å². The lowest BCUT2D eigenvalue weighted by Gasteiger charge is -2.39. The predicted molar refractivity (Wildman–Crippen MR) is 99.1 cm³/mol. The first kappa shape index (κ1) is 17.9. The van der Waals surface area contributed by atoms with Crippen molar-refractivity contribution in [3.05, 3.63) is 16.1 Å². The molecule has 2 fully saturated rings. The summed E-state index contributed by atoms with van der Waals surface area (Å²) in [6.07, 6.45) is 6.43. The molecule has 3 rings (SSSR count). The van der Waals surface area contributed by atoms with Gasteiger partial charge < -0.3 is 10.2 Å². The van der Waals surface area contributed by atoms with E-state index in [1.54, 1.807) is 0 Å². The number of piperidine rings is 1. The minimum absolute atomic E-state index is 0.128. The van der Waals surface area contributed by atoms with Crippen LogP contribution in [0.15, 0.2) is 6.20 Å². The number of thiazole rings is 1. The Morgan fingerprint density at radius 3 is 2.71 bits per heavy atom. The van der Waals surface area contributed by atoms with Crippen LogP contribution in [-0.2, 0) is 16.8 Å². The van der Waals surface area contributed by atoms with Gasteiger partial charge in [0.1, 0.15) is 0 Å². The molecule has 0 radical (unpaired) electrons. The summed E-state index contributed by atoms with van der Waals surface area (Å²) >= 11 is 1.82. The van der Waals surface area contributed by atoms with E-state index < -0.39 is 0 Å². The lowest BCUT2D eigenvalue weighted by molar-refractivity contribution is -0.134. The van der Waals surface area contributed by atoms with E-state index in [9.17, 15) is 4.79 Å². The number of aromatic nitrogens is 1. The van der Waals surface area contributed by atoms with Gasteiger partial charge >= 0.3 is 0 Å². The Morgan fingerprint density at radius 2 is 2.12 bits per heavy atom. The summed E-state index contributed by atoms with van der Waals surface area (Å²) in [4.78, 5) is 20.3. The second kappa shape index (κ2) is 7.12. The van der Waals surface area contributed by atoms with Crippen molar-refractivity contribution in [1.29, 1.82) is 0 Å². The summed E-state index contributed by atoms with van der Waals surface area (Å²) < 4.78 is 0. The molecule has 0 spiro atoms. The number of nitrogens with zero attached hydrogens (tertiary/aromatic N) is 2. The fraction of sp³-hybridized carbons (Fsp3) is 0.789. The van der Waals surface area contributed by atoms with Crippen LogP contribution in [0, 0.1) is 11.8 Å². The van der Waals surface area contributed by atoms with Crippen LogP contribution < -0.4 is 5.32 Å². The summed E-state index contributed by atoms with van der Waals surface area (Å²) in [6, 6.07) is 0.512. The zero-order valence-corrected chi connectivity index (χ0v) is 16.3. The van der Waals surface area contributed by atoms with Crippen molar-refractivity contribution in [2.24, 2.45) is 11.8 Å². The maximum atomic E-state index is 12.3. The second-order valence-electron chi connectivity index (χ2n) is 8.38. The Hall–Kier alpha value is -0.940. The van der Waals surface area contributed by atoms with E-state index in [1.165, 1.54) is 9.88 Å². The number of hydrogen-bond acceptors (Lipinski definition) is 4. The Balaban J connectivity index is 1.53. The molecule has 1 amide bonds. The quantitative estimate of drug-likeness (QED) is 0.884. The van der Waals surface area contributed by atoms with E-state index in [4.69, 9.17) is 0 Å². The Morgan fingerprint density at radius 1 is 1.38 bits per heavy atom. The predicted octanol–water partition coefficient (Wildman–Crippen LogP) is 3.57. The van der Waals surface area contributed by atoms with Gasteiger partial charge in [-0.05, 0) is 25.2 Å². The van der Waals surface area contributed by atoms with Gasteiger partial charge in [-0.25, -0.2) is 4.98 Å². The van der Waals surface area contributed by atoms with Crippen LogP contribution in [0.3, 0.4) is 0 Å². The third-order valence-corrected chi connectivity index (χ3v) is 6.65. The van der Waals surface area contributed by atoms with Crippen LogP contribution >= 0.6 is 11.3 Å². The molecular weight excluding hydrogens is 318 g/mol. The zero-order chi connectivity index (χ0) is 17.3. The van der Waals surface area contributed by atoms with Crippen LogP contribution in [0.2, 0.25) is 0 Å². The number of carbonyl (C=O) groups excluding carboxylic acids is 1. The molecule has 1 aromatic rings. The highest BCUT2D eigenvalue weighted by atomic mass is 32.1. The van der Waals surface area contributed by atoms with Crippen molar-refractivity contribution in [3.63, 3.8) is 0 Å². The summed E-state index contributed by atoms with van der Waals surface area (Å²) in [6.45, 7) is 11.6. The molecule has 0 unspecified atom stereocenters. The fourth-order valence-corrected chi connectivity index (χ4v) is 4.39. The van der Waals surface area contributed by atoms with E-state index in [-0.39, 0.29) is 5.41 Å². The van der Waals surface area contributed by atoms with Gasteiger partial charge in [-0.3, -0.25) is 4.79 Å². The molecule has 5 heteroatoms. The lowest BCUT2D eigenvalue weighted by atomic mass is 9.89. The molecular formula is C19H31N3OS. The highest BCUT2D eigenvalue weighted by molar-refractivity contribution is 7.11. The molecule has 0 bridgehead atoms. The van der Waals surface area contributed by atoms with Gasteiger partial charge in [-0.1, -0.05) is 34.1 Å². The first-order valence-corrected chi connectivity index (χ1v) is 10.2. The molecule has 1 N–H and O–H groups in total. The molecule has 134 valence electrons. The normalized spacial score (nSPS) is 25.1. The number of carbonyl (C=O) groups is 1. The van der Waals surface area contributed by atoms with Crippen LogP contribution in [-0.4, -0.2) is 34.9 Å². The number of hydrogen-bond donors (Lipinski definition) is 1. The molecule has 1 aromatic heterocycles. The first-order chi connectivity index (χ1) is 11.4. The number of nitrogens with one attached hydrogen (secondary N) is 1. The Bertz CT molecular complexity index is 573. The fourth-order valence-electron chi connectivity index (χ4n) is 3.47. The Labute approximate surface area is 150 Å². The van der Waals surface area contributed by atoms with E-state index >= 15 is 0 Å². The van der Waals surface area contributed by atoms with Gasteiger partial charge in [0.2, 0.25) is 5.91 Å². The van der Waals surface area contributed by atoms with Crippen LogP contribution in [0.4, 0.5) is 0 Å². The zero-order valence-electron chi connectivity index (χ0n) is 15.5. The Kier molecular flexibility index (Phi) is 5.30. The third-order valence-electron chi connectivity index (χ3n) is 5.23. The van der Waals surface area contributed by atoms with Crippen LogP contribution in [0.1, 0.15) is 63.3 Å². The van der Waals surface area contributed by atoms with Crippen molar-refractivity contribution >= 4 is 17.2 Å². The molecule has 0 aromatic carbocycles. The molecule has 4 nitrogen and oxygen atoms in total. The molecule has 1 aliphatic heterocycles. The van der Waals surface area contributed by atoms with E-state index in [2.05, 4.69) is 42.9 Å². The molecule has 1 aliphatic carbocycles. The smallest absolute Gasteiger partial charge is 0.225 e. The highest BCUT2D eigenvalue weighted by Crippen LogP contribution is 2.33. The average Bonchev–Trinajstić information content (AvgIpc) is 3.28. The summed E-state index contributed by atoms with van der Waals surface area (Å²) in [5.41, 5.74) is 0.128. The SMILES string of the molecule is CC[C@H]1CN(C(=O)C2CC2)CC[C@H]1NCc1cnc(C(C)(C)C)s1. The monoisotopic (exact) mass is 349 g/mol. The minimum Gasteiger partial charge on any atom is -0.342 e. The summed E-state index contributed by atoms with van der Waals surface area (Å²) in [5, 5.41) is 4.95. The van der Waals surface area contributed by atoms with Crippen molar-refractivity contribution in [2.75, 3.05) is 13.1 Å². The first-order valence-electron chi connectivity index (χ1n) is 9.36. The van der Waals surface area contributed by atoms with Crippen molar-refractivity contribution < 1.29 is 4.79 Å². The lowest BCUT2D eigenvalue weighted by Crippen LogP contribution is -2.51. The van der Waals surface area contributed by atoms with Crippen LogP contribution in [0.25, 0.3) is 0 Å². The van der Waals surface area contributed by atoms with Crippen molar-refractivity contribution in [3.8, 4) is 0 Å². The van der Waals surface area contributed by atoms with Crippen molar-refractivity contribution in [1.82, 2.24) is 15.2 Å². The third kappa shape index (κ3) is 4.17. The number of rotatable bonds is 5.